The Balaban J connectivity index is 2.23. The molecule has 0 amide bonds. The second-order valence-corrected chi connectivity index (χ2v) is 4.96. The highest BCUT2D eigenvalue weighted by molar-refractivity contribution is 7.80. The number of hydrogen-bond donors (Lipinski definition) is 1. The number of aromatic nitrogens is 2. The SMILES string of the molecule is Cc1cc2ncn(CCCC(N)=S)c2cc1C. The molecule has 0 unspecified atom stereocenters. The van der Waals surface area contributed by atoms with Crippen LogP contribution in [0, 0.1) is 13.8 Å². The molecule has 0 aliphatic rings. The second kappa shape index (κ2) is 4.84. The molecule has 1 aromatic carbocycles. The summed E-state index contributed by atoms with van der Waals surface area (Å²) in [7, 11) is 0. The van der Waals surface area contributed by atoms with E-state index in [1.54, 1.807) is 0 Å². The maximum absolute atomic E-state index is 5.50. The van der Waals surface area contributed by atoms with Gasteiger partial charge in [-0.1, -0.05) is 12.2 Å². The van der Waals surface area contributed by atoms with E-state index in [2.05, 4.69) is 35.5 Å². The summed E-state index contributed by atoms with van der Waals surface area (Å²) in [6, 6.07) is 4.33. The number of nitrogens with two attached hydrogens (primary N) is 1. The van der Waals surface area contributed by atoms with E-state index in [0.717, 1.165) is 24.9 Å². The molecule has 0 saturated carbocycles. The standard InChI is InChI=1S/C13H17N3S/c1-9-6-11-12(7-10(9)2)16(8-15-11)5-3-4-13(14)17/h6-8H,3-5H2,1-2H3,(H2,14,17). The molecule has 0 aliphatic carbocycles. The first-order valence-electron chi connectivity index (χ1n) is 5.78. The van der Waals surface area contributed by atoms with Crippen LogP contribution in [0.25, 0.3) is 11.0 Å². The zero-order valence-electron chi connectivity index (χ0n) is 10.2. The lowest BCUT2D eigenvalue weighted by Crippen LogP contribution is -2.08. The topological polar surface area (TPSA) is 43.8 Å². The Kier molecular flexibility index (Phi) is 3.43. The Morgan fingerprint density at radius 2 is 2.06 bits per heavy atom. The van der Waals surface area contributed by atoms with Crippen molar-refractivity contribution in [3.05, 3.63) is 29.6 Å². The first-order chi connectivity index (χ1) is 8.08. The Labute approximate surface area is 107 Å². The van der Waals surface area contributed by atoms with Crippen molar-refractivity contribution in [3.8, 4) is 0 Å². The van der Waals surface area contributed by atoms with E-state index in [9.17, 15) is 0 Å². The van der Waals surface area contributed by atoms with Gasteiger partial charge in [0.05, 0.1) is 22.3 Å². The lowest BCUT2D eigenvalue weighted by atomic mass is 10.1. The van der Waals surface area contributed by atoms with E-state index in [1.165, 1.54) is 16.6 Å². The summed E-state index contributed by atoms with van der Waals surface area (Å²) >= 11 is 4.88. The number of nitrogens with zero attached hydrogens (tertiary/aromatic N) is 2. The average Bonchev–Trinajstić information content (AvgIpc) is 2.62. The van der Waals surface area contributed by atoms with E-state index in [-0.39, 0.29) is 0 Å². The van der Waals surface area contributed by atoms with Gasteiger partial charge in [0.15, 0.2) is 0 Å². The van der Waals surface area contributed by atoms with Crippen LogP contribution in [-0.2, 0) is 6.54 Å². The maximum Gasteiger partial charge on any atom is 0.0958 e. The van der Waals surface area contributed by atoms with Crippen LogP contribution in [0.4, 0.5) is 0 Å². The summed E-state index contributed by atoms with van der Waals surface area (Å²) in [4.78, 5) is 5.00. The summed E-state index contributed by atoms with van der Waals surface area (Å²) in [6.45, 7) is 5.15. The summed E-state index contributed by atoms with van der Waals surface area (Å²) in [5.74, 6) is 0. The van der Waals surface area contributed by atoms with Gasteiger partial charge in [0, 0.05) is 6.54 Å². The zero-order chi connectivity index (χ0) is 12.4. The lowest BCUT2D eigenvalue weighted by molar-refractivity contribution is 0.676. The third kappa shape index (κ3) is 2.64. The van der Waals surface area contributed by atoms with Crippen molar-refractivity contribution in [1.82, 2.24) is 9.55 Å². The van der Waals surface area contributed by atoms with Gasteiger partial charge in [0.1, 0.15) is 0 Å². The van der Waals surface area contributed by atoms with Gasteiger partial charge in [-0.2, -0.15) is 0 Å². The molecule has 2 aromatic rings. The summed E-state index contributed by atoms with van der Waals surface area (Å²) in [6.07, 6.45) is 3.65. The van der Waals surface area contributed by atoms with Crippen molar-refractivity contribution in [2.75, 3.05) is 0 Å². The van der Waals surface area contributed by atoms with Crippen LogP contribution in [0.15, 0.2) is 18.5 Å². The highest BCUT2D eigenvalue weighted by atomic mass is 32.1. The quantitative estimate of drug-likeness (QED) is 0.845. The minimum absolute atomic E-state index is 0.585. The molecular weight excluding hydrogens is 230 g/mol. The molecule has 0 radical (unpaired) electrons. The van der Waals surface area contributed by atoms with E-state index in [4.69, 9.17) is 18.0 Å². The van der Waals surface area contributed by atoms with E-state index in [0.29, 0.717) is 4.99 Å². The molecule has 17 heavy (non-hydrogen) atoms. The van der Waals surface area contributed by atoms with Gasteiger partial charge >= 0.3 is 0 Å². The smallest absolute Gasteiger partial charge is 0.0958 e. The first-order valence-corrected chi connectivity index (χ1v) is 6.19. The molecule has 0 atom stereocenters. The van der Waals surface area contributed by atoms with Gasteiger partial charge in [-0.15, -0.1) is 0 Å². The summed E-state index contributed by atoms with van der Waals surface area (Å²) in [5.41, 5.74) is 10.3. The van der Waals surface area contributed by atoms with Crippen LogP contribution >= 0.6 is 12.2 Å². The highest BCUT2D eigenvalue weighted by Crippen LogP contribution is 2.18. The fraction of sp³-hybridized carbons (Fsp3) is 0.385. The molecule has 2 rings (SSSR count). The fourth-order valence-electron chi connectivity index (χ4n) is 1.92. The molecule has 1 heterocycles. The highest BCUT2D eigenvalue weighted by Gasteiger charge is 2.04. The van der Waals surface area contributed by atoms with Crippen LogP contribution < -0.4 is 5.73 Å². The Hall–Kier alpha value is -1.42. The van der Waals surface area contributed by atoms with E-state index >= 15 is 0 Å². The second-order valence-electron chi connectivity index (χ2n) is 4.43. The molecule has 0 aliphatic heterocycles. The third-order valence-electron chi connectivity index (χ3n) is 3.06. The van der Waals surface area contributed by atoms with Gasteiger partial charge in [0.25, 0.3) is 0 Å². The molecule has 4 heteroatoms. The number of benzene rings is 1. The largest absolute Gasteiger partial charge is 0.393 e. The van der Waals surface area contributed by atoms with Crippen molar-refractivity contribution in [1.29, 1.82) is 0 Å². The predicted molar refractivity (Wildman–Crippen MR) is 75.2 cm³/mol. The molecule has 2 N–H and O–H groups in total. The average molecular weight is 247 g/mol. The maximum atomic E-state index is 5.50. The van der Waals surface area contributed by atoms with Crippen molar-refractivity contribution in [2.45, 2.75) is 33.2 Å². The van der Waals surface area contributed by atoms with Crippen LogP contribution in [0.2, 0.25) is 0 Å². The van der Waals surface area contributed by atoms with Gasteiger partial charge in [-0.25, -0.2) is 4.98 Å². The molecule has 90 valence electrons. The fourth-order valence-corrected chi connectivity index (χ4v) is 2.06. The van der Waals surface area contributed by atoms with Gasteiger partial charge in [-0.05, 0) is 49.9 Å². The van der Waals surface area contributed by atoms with Crippen molar-refractivity contribution in [3.63, 3.8) is 0 Å². The van der Waals surface area contributed by atoms with Crippen LogP contribution in [0.5, 0.6) is 0 Å². The number of rotatable bonds is 4. The minimum atomic E-state index is 0.585. The van der Waals surface area contributed by atoms with Crippen molar-refractivity contribution in [2.24, 2.45) is 5.73 Å². The van der Waals surface area contributed by atoms with Crippen LogP contribution in [0.1, 0.15) is 24.0 Å². The lowest BCUT2D eigenvalue weighted by Gasteiger charge is -2.05. The van der Waals surface area contributed by atoms with E-state index < -0.39 is 0 Å². The predicted octanol–water partition coefficient (Wildman–Crippen LogP) is 2.72. The van der Waals surface area contributed by atoms with Crippen LogP contribution in [-0.4, -0.2) is 14.5 Å². The Bertz CT molecular complexity index is 557. The Morgan fingerprint density at radius 3 is 2.76 bits per heavy atom. The van der Waals surface area contributed by atoms with Crippen molar-refractivity contribution < 1.29 is 0 Å². The molecule has 1 aromatic heterocycles. The molecule has 0 spiro atoms. The molecule has 0 bridgehead atoms. The first kappa shape index (κ1) is 12.0. The number of aryl methyl sites for hydroxylation is 3. The van der Waals surface area contributed by atoms with Gasteiger partial charge < -0.3 is 10.3 Å². The van der Waals surface area contributed by atoms with Gasteiger partial charge in [-0.3, -0.25) is 0 Å². The summed E-state index contributed by atoms with van der Waals surface area (Å²) in [5, 5.41) is 0. The zero-order valence-corrected chi connectivity index (χ0v) is 11.0. The molecule has 0 saturated heterocycles. The number of thiocarbonyl (C=S) groups is 1. The van der Waals surface area contributed by atoms with E-state index in [1.807, 2.05) is 6.33 Å². The molecular formula is C13H17N3S. The summed E-state index contributed by atoms with van der Waals surface area (Å²) < 4.78 is 2.17. The molecule has 3 nitrogen and oxygen atoms in total. The number of fused-ring (bicyclic) bond motifs is 1. The van der Waals surface area contributed by atoms with Crippen molar-refractivity contribution >= 4 is 28.2 Å². The normalized spacial score (nSPS) is 10.9. The molecule has 0 fully saturated rings. The monoisotopic (exact) mass is 247 g/mol. The minimum Gasteiger partial charge on any atom is -0.393 e. The van der Waals surface area contributed by atoms with Crippen LogP contribution in [0.3, 0.4) is 0 Å². The number of hydrogen-bond acceptors (Lipinski definition) is 2. The third-order valence-corrected chi connectivity index (χ3v) is 3.26. The van der Waals surface area contributed by atoms with Gasteiger partial charge in [0.2, 0.25) is 0 Å². The Morgan fingerprint density at radius 1 is 1.35 bits per heavy atom. The number of imidazole rings is 1.